The first-order chi connectivity index (χ1) is 9.99. The lowest BCUT2D eigenvalue weighted by atomic mass is 9.92. The van der Waals surface area contributed by atoms with Gasteiger partial charge in [0.2, 0.25) is 0 Å². The van der Waals surface area contributed by atoms with Crippen LogP contribution >= 0.6 is 0 Å². The van der Waals surface area contributed by atoms with Gasteiger partial charge < -0.3 is 0 Å². The van der Waals surface area contributed by atoms with E-state index in [2.05, 4.69) is 68.5 Å². The zero-order valence-corrected chi connectivity index (χ0v) is 17.3. The second kappa shape index (κ2) is 24.7. The average Bonchev–Trinajstić information content (AvgIpc) is 3.31. The average molecular weight is 301 g/mol. The van der Waals surface area contributed by atoms with E-state index >= 15 is 0 Å². The molecule has 1 aliphatic rings. The molecular formula is C21H48. The lowest BCUT2D eigenvalue weighted by Gasteiger charge is -2.14. The van der Waals surface area contributed by atoms with Crippen molar-refractivity contribution in [3.63, 3.8) is 0 Å². The van der Waals surface area contributed by atoms with Gasteiger partial charge in [0, 0.05) is 0 Å². The third kappa shape index (κ3) is 22.2. The molecule has 0 saturated heterocycles. The highest BCUT2D eigenvalue weighted by Crippen LogP contribution is 2.48. The maximum atomic E-state index is 3.00. The zero-order chi connectivity index (χ0) is 17.8. The van der Waals surface area contributed by atoms with E-state index in [0.717, 1.165) is 23.7 Å². The molecule has 0 amide bonds. The largest absolute Gasteiger partial charge is 0.106 e. The normalized spacial score (nSPS) is 19.2. The van der Waals surface area contributed by atoms with Gasteiger partial charge in [-0.2, -0.15) is 0 Å². The third-order valence-corrected chi connectivity index (χ3v) is 3.73. The van der Waals surface area contributed by atoms with Crippen molar-refractivity contribution in [1.82, 2.24) is 0 Å². The molecule has 132 valence electrons. The Morgan fingerprint density at radius 2 is 1.19 bits per heavy atom. The fraction of sp³-hybridized carbons (Fsp3) is 0.905. The van der Waals surface area contributed by atoms with Crippen LogP contribution in [-0.4, -0.2) is 0 Å². The molecule has 0 spiro atoms. The van der Waals surface area contributed by atoms with E-state index in [4.69, 9.17) is 0 Å². The van der Waals surface area contributed by atoms with Gasteiger partial charge in [-0.25, -0.2) is 0 Å². The minimum absolute atomic E-state index is 0.890. The fourth-order valence-corrected chi connectivity index (χ4v) is 1.88. The van der Waals surface area contributed by atoms with E-state index < -0.39 is 0 Å². The summed E-state index contributed by atoms with van der Waals surface area (Å²) in [6, 6.07) is 0. The molecule has 3 unspecified atom stereocenters. The van der Waals surface area contributed by atoms with Crippen LogP contribution in [0.15, 0.2) is 13.2 Å². The Morgan fingerprint density at radius 3 is 1.33 bits per heavy atom. The minimum atomic E-state index is 0.890. The van der Waals surface area contributed by atoms with Crippen LogP contribution in [0, 0.1) is 23.7 Å². The van der Waals surface area contributed by atoms with Crippen LogP contribution in [0.3, 0.4) is 0 Å². The highest BCUT2D eigenvalue weighted by atomic mass is 14.4. The Labute approximate surface area is 138 Å². The maximum absolute atomic E-state index is 3.00. The molecule has 21 heavy (non-hydrogen) atoms. The van der Waals surface area contributed by atoms with Crippen LogP contribution < -0.4 is 0 Å². The first kappa shape index (κ1) is 28.8. The van der Waals surface area contributed by atoms with Crippen molar-refractivity contribution in [2.75, 3.05) is 0 Å². The number of hydrogen-bond acceptors (Lipinski definition) is 0. The third-order valence-electron chi connectivity index (χ3n) is 3.73. The summed E-state index contributed by atoms with van der Waals surface area (Å²) in [5.41, 5.74) is 0. The molecule has 0 nitrogen and oxygen atoms in total. The predicted molar refractivity (Wildman–Crippen MR) is 105 cm³/mol. The molecule has 0 aliphatic heterocycles. The summed E-state index contributed by atoms with van der Waals surface area (Å²) in [6.45, 7) is 28.0. The predicted octanol–water partition coefficient (Wildman–Crippen LogP) is 8.38. The van der Waals surface area contributed by atoms with Crippen molar-refractivity contribution < 1.29 is 0 Å². The molecule has 0 bridgehead atoms. The van der Waals surface area contributed by atoms with Gasteiger partial charge in [0.15, 0.2) is 0 Å². The Hall–Kier alpha value is -0.260. The lowest BCUT2D eigenvalue weighted by molar-refractivity contribution is 0.353. The molecule has 1 aliphatic carbocycles. The summed E-state index contributed by atoms with van der Waals surface area (Å²) in [6.07, 6.45) is 6.80. The Kier molecular flexibility index (Phi) is 34.0. The highest BCUT2D eigenvalue weighted by Gasteiger charge is 2.39. The van der Waals surface area contributed by atoms with Gasteiger partial charge in [-0.3, -0.25) is 0 Å². The zero-order valence-electron chi connectivity index (χ0n) is 17.3. The van der Waals surface area contributed by atoms with Gasteiger partial charge in [-0.05, 0) is 30.1 Å². The van der Waals surface area contributed by atoms with Crippen molar-refractivity contribution in [3.05, 3.63) is 13.2 Å². The molecule has 0 aromatic rings. The molecule has 1 rings (SSSR count). The summed E-state index contributed by atoms with van der Waals surface area (Å²) >= 11 is 0. The van der Waals surface area contributed by atoms with Crippen LogP contribution in [-0.2, 0) is 0 Å². The first-order valence-electron chi connectivity index (χ1n) is 9.49. The van der Waals surface area contributed by atoms with Crippen LogP contribution in [0.2, 0.25) is 0 Å². The SMILES string of the molecule is C=C.CC.CCC.CCC1CC1C(C)C(C)C.CCCC. The molecule has 0 aromatic heterocycles. The van der Waals surface area contributed by atoms with Crippen molar-refractivity contribution in [3.8, 4) is 0 Å². The molecule has 0 aromatic carbocycles. The Morgan fingerprint density at radius 1 is 0.857 bits per heavy atom. The molecule has 1 fully saturated rings. The first-order valence-corrected chi connectivity index (χ1v) is 9.49. The molecule has 0 heteroatoms. The van der Waals surface area contributed by atoms with Gasteiger partial charge in [0.05, 0.1) is 0 Å². The topological polar surface area (TPSA) is 0 Å². The second-order valence-electron chi connectivity index (χ2n) is 5.88. The van der Waals surface area contributed by atoms with E-state index in [1.807, 2.05) is 13.8 Å². The van der Waals surface area contributed by atoms with Crippen LogP contribution in [0.4, 0.5) is 0 Å². The van der Waals surface area contributed by atoms with Crippen molar-refractivity contribution in [2.24, 2.45) is 23.7 Å². The number of rotatable bonds is 4. The molecular weight excluding hydrogens is 252 g/mol. The number of unbranched alkanes of at least 4 members (excludes halogenated alkanes) is 1. The summed E-state index contributed by atoms with van der Waals surface area (Å²) in [5, 5.41) is 0. The van der Waals surface area contributed by atoms with E-state index in [-0.39, 0.29) is 0 Å². The van der Waals surface area contributed by atoms with Crippen molar-refractivity contribution in [1.29, 1.82) is 0 Å². The van der Waals surface area contributed by atoms with Crippen LogP contribution in [0.1, 0.15) is 101 Å². The van der Waals surface area contributed by atoms with Crippen LogP contribution in [0.5, 0.6) is 0 Å². The maximum Gasteiger partial charge on any atom is -0.0355 e. The number of hydrogen-bond donors (Lipinski definition) is 0. The molecule has 1 saturated carbocycles. The molecule has 0 radical (unpaired) electrons. The van der Waals surface area contributed by atoms with Gasteiger partial charge >= 0.3 is 0 Å². The minimum Gasteiger partial charge on any atom is -0.106 e. The Bertz CT molecular complexity index is 146. The van der Waals surface area contributed by atoms with Gasteiger partial charge in [0.25, 0.3) is 0 Å². The summed E-state index contributed by atoms with van der Waals surface area (Å²) in [5.74, 6) is 4.01. The molecule has 3 atom stereocenters. The molecule has 0 heterocycles. The van der Waals surface area contributed by atoms with Crippen molar-refractivity contribution in [2.45, 2.75) is 101 Å². The monoisotopic (exact) mass is 300 g/mol. The summed E-state index contributed by atoms with van der Waals surface area (Å²) in [7, 11) is 0. The lowest BCUT2D eigenvalue weighted by Crippen LogP contribution is -2.07. The standard InChI is InChI=1S/C10H20.C4H10.C3H8.C2H6.C2H4/c1-5-9-6-10(9)8(4)7(2)3;1-3-4-2;1-3-2;2*1-2/h7-10H,5-6H2,1-4H3;3-4H2,1-2H3;3H2,1-2H3;1-2H3;1-2H2. The highest BCUT2D eigenvalue weighted by molar-refractivity contribution is 4.89. The van der Waals surface area contributed by atoms with Crippen molar-refractivity contribution >= 4 is 0 Å². The second-order valence-corrected chi connectivity index (χ2v) is 5.88. The quantitative estimate of drug-likeness (QED) is 0.457. The Balaban J connectivity index is -0.000000111. The van der Waals surface area contributed by atoms with E-state index in [0.29, 0.717) is 0 Å². The van der Waals surface area contributed by atoms with E-state index in [9.17, 15) is 0 Å². The van der Waals surface area contributed by atoms with Gasteiger partial charge in [-0.15, -0.1) is 13.2 Å². The fourth-order valence-electron chi connectivity index (χ4n) is 1.88. The summed E-state index contributed by atoms with van der Waals surface area (Å²) in [4.78, 5) is 0. The smallest absolute Gasteiger partial charge is 0.0355 e. The van der Waals surface area contributed by atoms with E-state index in [1.165, 1.54) is 32.1 Å². The van der Waals surface area contributed by atoms with Crippen LogP contribution in [0.25, 0.3) is 0 Å². The van der Waals surface area contributed by atoms with Gasteiger partial charge in [-0.1, -0.05) is 94.9 Å². The van der Waals surface area contributed by atoms with Gasteiger partial charge in [0.1, 0.15) is 0 Å². The summed E-state index contributed by atoms with van der Waals surface area (Å²) < 4.78 is 0. The van der Waals surface area contributed by atoms with E-state index in [1.54, 1.807) is 0 Å². The molecule has 0 N–H and O–H groups in total.